The molecule has 11 heteroatoms. The fourth-order valence-electron chi connectivity index (χ4n) is 2.77. The summed E-state index contributed by atoms with van der Waals surface area (Å²) in [6.45, 7) is 2.27. The van der Waals surface area contributed by atoms with E-state index in [0.29, 0.717) is 49.2 Å². The quantitative estimate of drug-likeness (QED) is 0.200. The van der Waals surface area contributed by atoms with Crippen molar-refractivity contribution in [1.29, 1.82) is 0 Å². The number of likely N-dealkylation sites (N-methyl/N-ethyl adjacent to an activating group) is 1. The number of non-ortho nitro benzene ring substituents is 1. The highest BCUT2D eigenvalue weighted by Crippen LogP contribution is 2.29. The maximum absolute atomic E-state index is 12.0. The summed E-state index contributed by atoms with van der Waals surface area (Å²) in [7, 11) is 5.01. The van der Waals surface area contributed by atoms with Gasteiger partial charge in [0.25, 0.3) is 5.69 Å². The van der Waals surface area contributed by atoms with Crippen molar-refractivity contribution < 1.29 is 23.9 Å². The lowest BCUT2D eigenvalue weighted by Crippen LogP contribution is -2.25. The summed E-state index contributed by atoms with van der Waals surface area (Å²) in [4.78, 5) is 24.5. The second-order valence-electron chi connectivity index (χ2n) is 6.75. The van der Waals surface area contributed by atoms with Gasteiger partial charge < -0.3 is 19.5 Å². The molecule has 0 heterocycles. The number of rotatable bonds is 13. The smallest absolute Gasteiger partial charge is 0.329 e. The molecule has 174 valence electrons. The molecule has 2 rings (SSSR count). The van der Waals surface area contributed by atoms with Crippen molar-refractivity contribution in [3.63, 3.8) is 0 Å². The van der Waals surface area contributed by atoms with Gasteiger partial charge in [-0.1, -0.05) is 12.1 Å². The number of carbonyl (C=O) groups is 1. The first-order valence-electron chi connectivity index (χ1n) is 9.83. The minimum Gasteiger partial charge on any atom is -0.493 e. The number of methoxy groups -OCH3 is 2. The fraction of sp³-hybridized carbons (Fsp3) is 0.381. The highest BCUT2D eigenvalue weighted by atomic mass is 32.2. The van der Waals surface area contributed by atoms with Crippen LogP contribution in [0.1, 0.15) is 5.56 Å². The van der Waals surface area contributed by atoms with E-state index in [4.69, 9.17) is 14.2 Å². The van der Waals surface area contributed by atoms with Gasteiger partial charge in [-0.25, -0.2) is 4.79 Å². The highest BCUT2D eigenvalue weighted by Gasteiger charge is 2.08. The predicted octanol–water partition coefficient (Wildman–Crippen LogP) is 3.53. The lowest BCUT2D eigenvalue weighted by atomic mass is 10.2. The third-order valence-electron chi connectivity index (χ3n) is 4.33. The fourth-order valence-corrected chi connectivity index (χ4v) is 3.25. The van der Waals surface area contributed by atoms with E-state index >= 15 is 0 Å². The highest BCUT2D eigenvalue weighted by molar-refractivity contribution is 7.97. The van der Waals surface area contributed by atoms with Gasteiger partial charge in [-0.05, 0) is 36.7 Å². The van der Waals surface area contributed by atoms with Gasteiger partial charge >= 0.3 is 6.03 Å². The third kappa shape index (κ3) is 8.61. The average molecular weight is 465 g/mol. The number of benzene rings is 2. The molecule has 0 bridgehead atoms. The van der Waals surface area contributed by atoms with Gasteiger partial charge in [0.2, 0.25) is 0 Å². The standard InChI is InChI=1S/C21H28N4O6S/c1-24(15-16-5-4-6-18(13-16)25(27)28)9-10-31-11-12-32-23-21(26)22-17-7-8-19(29-2)20(14-17)30-3/h4-8,13-14H,9-12,15H2,1-3H3,(H2,22,23,26). The molecule has 0 fully saturated rings. The number of carbonyl (C=O) groups excluding carboxylic acids is 1. The van der Waals surface area contributed by atoms with Gasteiger partial charge in [0.1, 0.15) is 0 Å². The molecule has 0 unspecified atom stereocenters. The van der Waals surface area contributed by atoms with Crippen LogP contribution in [0.25, 0.3) is 0 Å². The average Bonchev–Trinajstić information content (AvgIpc) is 2.78. The zero-order chi connectivity index (χ0) is 23.3. The first-order valence-corrected chi connectivity index (χ1v) is 10.8. The van der Waals surface area contributed by atoms with E-state index in [2.05, 4.69) is 10.0 Å². The van der Waals surface area contributed by atoms with Crippen molar-refractivity contribution in [1.82, 2.24) is 9.62 Å². The van der Waals surface area contributed by atoms with Crippen LogP contribution < -0.4 is 19.5 Å². The lowest BCUT2D eigenvalue weighted by molar-refractivity contribution is -0.384. The molecule has 32 heavy (non-hydrogen) atoms. The number of nitrogens with zero attached hydrogens (tertiary/aromatic N) is 2. The van der Waals surface area contributed by atoms with Gasteiger partial charge in [0.05, 0.1) is 32.4 Å². The Labute approximate surface area is 191 Å². The largest absolute Gasteiger partial charge is 0.493 e. The van der Waals surface area contributed by atoms with Crippen molar-refractivity contribution >= 4 is 29.4 Å². The maximum Gasteiger partial charge on any atom is 0.329 e. The molecule has 0 aromatic heterocycles. The molecule has 0 saturated heterocycles. The van der Waals surface area contributed by atoms with E-state index in [1.54, 1.807) is 37.4 Å². The van der Waals surface area contributed by atoms with Crippen molar-refractivity contribution in [2.24, 2.45) is 0 Å². The van der Waals surface area contributed by atoms with Crippen LogP contribution >= 0.6 is 11.9 Å². The van der Waals surface area contributed by atoms with Gasteiger partial charge in [0.15, 0.2) is 11.5 Å². The number of anilines is 1. The molecule has 0 radical (unpaired) electrons. The normalized spacial score (nSPS) is 10.6. The first-order chi connectivity index (χ1) is 15.4. The summed E-state index contributed by atoms with van der Waals surface area (Å²) in [5, 5.41) is 13.6. The molecule has 0 saturated carbocycles. The topological polar surface area (TPSA) is 115 Å². The van der Waals surface area contributed by atoms with Crippen LogP contribution in [0, 0.1) is 10.1 Å². The van der Waals surface area contributed by atoms with Crippen LogP contribution in [0.4, 0.5) is 16.2 Å². The SMILES string of the molecule is COc1ccc(NC(=O)NSCCOCCN(C)Cc2cccc([N+](=O)[O-])c2)cc1OC. The van der Waals surface area contributed by atoms with Crippen molar-refractivity contribution in [3.8, 4) is 11.5 Å². The Kier molecular flexibility index (Phi) is 10.6. The van der Waals surface area contributed by atoms with Crippen molar-refractivity contribution in [2.75, 3.05) is 52.1 Å². The van der Waals surface area contributed by atoms with E-state index in [1.165, 1.54) is 25.1 Å². The van der Waals surface area contributed by atoms with E-state index in [0.717, 1.165) is 5.56 Å². The Morgan fingerprint density at radius 1 is 1.12 bits per heavy atom. The summed E-state index contributed by atoms with van der Waals surface area (Å²) in [6, 6.07) is 11.4. The molecule has 0 aliphatic rings. The van der Waals surface area contributed by atoms with Crippen LogP contribution in [-0.2, 0) is 11.3 Å². The Morgan fingerprint density at radius 2 is 1.91 bits per heavy atom. The molecule has 0 aliphatic carbocycles. The van der Waals surface area contributed by atoms with Gasteiger partial charge in [-0.15, -0.1) is 0 Å². The molecule has 0 aliphatic heterocycles. The number of nitro groups is 1. The minimum absolute atomic E-state index is 0.0897. The number of amides is 2. The maximum atomic E-state index is 12.0. The van der Waals surface area contributed by atoms with Gasteiger partial charge in [0, 0.05) is 42.7 Å². The molecular formula is C21H28N4O6S. The zero-order valence-electron chi connectivity index (χ0n) is 18.3. The molecule has 2 amide bonds. The van der Waals surface area contributed by atoms with E-state index in [-0.39, 0.29) is 11.7 Å². The molecule has 0 atom stereocenters. The zero-order valence-corrected chi connectivity index (χ0v) is 19.1. The Bertz CT molecular complexity index is 898. The molecule has 2 aromatic rings. The Morgan fingerprint density at radius 3 is 2.62 bits per heavy atom. The Balaban J connectivity index is 1.57. The summed E-state index contributed by atoms with van der Waals surface area (Å²) in [5.74, 6) is 1.70. The van der Waals surface area contributed by atoms with Crippen LogP contribution in [0.5, 0.6) is 11.5 Å². The van der Waals surface area contributed by atoms with Crippen LogP contribution in [0.2, 0.25) is 0 Å². The van der Waals surface area contributed by atoms with Crippen LogP contribution in [0.15, 0.2) is 42.5 Å². The second kappa shape index (κ2) is 13.4. The van der Waals surface area contributed by atoms with Gasteiger partial charge in [-0.3, -0.25) is 19.7 Å². The molecule has 2 aromatic carbocycles. The number of hydrogen-bond donors (Lipinski definition) is 2. The van der Waals surface area contributed by atoms with Gasteiger partial charge in [-0.2, -0.15) is 0 Å². The number of hydrogen-bond acceptors (Lipinski definition) is 8. The molecular weight excluding hydrogens is 436 g/mol. The summed E-state index contributed by atoms with van der Waals surface area (Å²) >= 11 is 1.24. The second-order valence-corrected chi connectivity index (χ2v) is 7.65. The molecule has 2 N–H and O–H groups in total. The van der Waals surface area contributed by atoms with E-state index < -0.39 is 4.92 Å². The Hall–Kier alpha value is -3.02. The number of urea groups is 1. The van der Waals surface area contributed by atoms with Crippen molar-refractivity contribution in [3.05, 3.63) is 58.1 Å². The first kappa shape index (κ1) is 25.2. The summed E-state index contributed by atoms with van der Waals surface area (Å²) in [6.07, 6.45) is 0. The van der Waals surface area contributed by atoms with E-state index in [9.17, 15) is 14.9 Å². The van der Waals surface area contributed by atoms with Crippen molar-refractivity contribution in [2.45, 2.75) is 6.54 Å². The number of nitrogens with one attached hydrogen (secondary N) is 2. The third-order valence-corrected chi connectivity index (χ3v) is 5.03. The number of nitro benzene ring substituents is 1. The molecule has 10 nitrogen and oxygen atoms in total. The van der Waals surface area contributed by atoms with E-state index in [1.807, 2.05) is 18.0 Å². The lowest BCUT2D eigenvalue weighted by Gasteiger charge is -2.16. The minimum atomic E-state index is -0.396. The van der Waals surface area contributed by atoms with Crippen LogP contribution in [-0.4, -0.2) is 62.6 Å². The monoisotopic (exact) mass is 464 g/mol. The predicted molar refractivity (Wildman–Crippen MR) is 124 cm³/mol. The summed E-state index contributed by atoms with van der Waals surface area (Å²) < 4.78 is 18.7. The molecule has 0 spiro atoms. The van der Waals surface area contributed by atoms with Crippen LogP contribution in [0.3, 0.4) is 0 Å². The summed E-state index contributed by atoms with van der Waals surface area (Å²) in [5.41, 5.74) is 1.55. The number of ether oxygens (including phenoxy) is 3.